The van der Waals surface area contributed by atoms with Crippen LogP contribution in [0.3, 0.4) is 0 Å². The average Bonchev–Trinajstić information content (AvgIpc) is 2.70. The van der Waals surface area contributed by atoms with E-state index >= 15 is 0 Å². The zero-order chi connectivity index (χ0) is 12.4. The number of nitrogens with two attached hydrogens (primary N) is 1. The number of aliphatic hydroxyl groups excluding tert-OH is 1. The fraction of sp³-hybridized carbons (Fsp3) is 0.500. The molecule has 3 nitrogen and oxygen atoms in total. The van der Waals surface area contributed by atoms with Crippen LogP contribution in [-0.2, 0) is 0 Å². The Bertz CT molecular complexity index is 414. The van der Waals surface area contributed by atoms with Gasteiger partial charge in [-0.3, -0.25) is 0 Å². The Labute approximate surface area is 105 Å². The molecule has 0 amide bonds. The van der Waals surface area contributed by atoms with Gasteiger partial charge in [-0.1, -0.05) is 18.0 Å². The molecule has 0 bridgehead atoms. The quantitative estimate of drug-likeness (QED) is 0.731. The Kier molecular flexibility index (Phi) is 3.74. The van der Waals surface area contributed by atoms with Gasteiger partial charge in [-0.05, 0) is 25.0 Å². The maximum atomic E-state index is 13.7. The Balaban J connectivity index is 2.06. The van der Waals surface area contributed by atoms with Crippen molar-refractivity contribution in [1.82, 2.24) is 0 Å². The number of anilines is 2. The van der Waals surface area contributed by atoms with Crippen LogP contribution in [0.1, 0.15) is 19.3 Å². The molecule has 1 saturated carbocycles. The standard InChI is InChI=1S/C12H16ClFN2O/c13-8-4-5-9(15)12(11(8)14)16-6-7-2-1-3-10(7)17/h4-5,7,10,16-17H,1-3,6,15H2. The summed E-state index contributed by atoms with van der Waals surface area (Å²) >= 11 is 5.69. The van der Waals surface area contributed by atoms with Crippen LogP contribution in [0.4, 0.5) is 15.8 Å². The third-order valence-electron chi connectivity index (χ3n) is 3.29. The van der Waals surface area contributed by atoms with Crippen molar-refractivity contribution in [1.29, 1.82) is 0 Å². The van der Waals surface area contributed by atoms with Gasteiger partial charge in [0.1, 0.15) is 0 Å². The van der Waals surface area contributed by atoms with Gasteiger partial charge < -0.3 is 16.2 Å². The van der Waals surface area contributed by atoms with Gasteiger partial charge in [0.05, 0.1) is 22.5 Å². The molecular formula is C12H16ClFN2O. The zero-order valence-electron chi connectivity index (χ0n) is 9.42. The molecule has 0 aromatic heterocycles. The van der Waals surface area contributed by atoms with Gasteiger partial charge in [0, 0.05) is 12.5 Å². The van der Waals surface area contributed by atoms with Crippen LogP contribution >= 0.6 is 11.6 Å². The molecule has 1 aliphatic carbocycles. The summed E-state index contributed by atoms with van der Waals surface area (Å²) in [5.74, 6) is -0.369. The molecule has 94 valence electrons. The van der Waals surface area contributed by atoms with Gasteiger partial charge >= 0.3 is 0 Å². The number of hydrogen-bond acceptors (Lipinski definition) is 3. The van der Waals surface area contributed by atoms with Crippen LogP contribution < -0.4 is 11.1 Å². The molecule has 4 N–H and O–H groups in total. The predicted octanol–water partition coefficient (Wildman–Crippen LogP) is 2.63. The zero-order valence-corrected chi connectivity index (χ0v) is 10.2. The molecule has 0 saturated heterocycles. The van der Waals surface area contributed by atoms with Crippen molar-refractivity contribution in [3.8, 4) is 0 Å². The lowest BCUT2D eigenvalue weighted by atomic mass is 10.1. The lowest BCUT2D eigenvalue weighted by molar-refractivity contribution is 0.138. The summed E-state index contributed by atoms with van der Waals surface area (Å²) in [6.45, 7) is 0.516. The van der Waals surface area contributed by atoms with Crippen molar-refractivity contribution in [3.05, 3.63) is 23.0 Å². The lowest BCUT2D eigenvalue weighted by Gasteiger charge is -2.17. The average molecular weight is 259 g/mol. The van der Waals surface area contributed by atoms with E-state index in [-0.39, 0.29) is 22.7 Å². The maximum Gasteiger partial charge on any atom is 0.166 e. The molecule has 0 heterocycles. The topological polar surface area (TPSA) is 58.3 Å². The van der Waals surface area contributed by atoms with Crippen molar-refractivity contribution >= 4 is 23.0 Å². The fourth-order valence-corrected chi connectivity index (χ4v) is 2.39. The van der Waals surface area contributed by atoms with Crippen LogP contribution in [0.25, 0.3) is 0 Å². The van der Waals surface area contributed by atoms with E-state index in [0.29, 0.717) is 12.2 Å². The molecule has 2 atom stereocenters. The van der Waals surface area contributed by atoms with Crippen LogP contribution in [0.2, 0.25) is 5.02 Å². The van der Waals surface area contributed by atoms with E-state index in [9.17, 15) is 9.50 Å². The number of nitrogen functional groups attached to an aromatic ring is 1. The van der Waals surface area contributed by atoms with Gasteiger partial charge in [0.2, 0.25) is 0 Å². The van der Waals surface area contributed by atoms with E-state index in [0.717, 1.165) is 19.3 Å². The summed E-state index contributed by atoms with van der Waals surface area (Å²) < 4.78 is 13.7. The molecule has 0 spiro atoms. The molecule has 2 rings (SSSR count). The first-order valence-corrected chi connectivity index (χ1v) is 6.13. The molecule has 1 aromatic carbocycles. The number of aliphatic hydroxyl groups is 1. The predicted molar refractivity (Wildman–Crippen MR) is 67.7 cm³/mol. The third kappa shape index (κ3) is 2.64. The molecule has 0 aliphatic heterocycles. The van der Waals surface area contributed by atoms with E-state index < -0.39 is 5.82 Å². The Hall–Kier alpha value is -1.00. The second-order valence-electron chi connectivity index (χ2n) is 4.46. The van der Waals surface area contributed by atoms with Crippen LogP contribution in [-0.4, -0.2) is 17.8 Å². The van der Waals surface area contributed by atoms with Crippen molar-refractivity contribution in [3.63, 3.8) is 0 Å². The molecule has 2 unspecified atom stereocenters. The van der Waals surface area contributed by atoms with Crippen LogP contribution in [0.5, 0.6) is 0 Å². The smallest absolute Gasteiger partial charge is 0.166 e. The highest BCUT2D eigenvalue weighted by atomic mass is 35.5. The highest BCUT2D eigenvalue weighted by molar-refractivity contribution is 6.31. The first kappa shape index (κ1) is 12.5. The summed E-state index contributed by atoms with van der Waals surface area (Å²) in [6.07, 6.45) is 2.49. The van der Waals surface area contributed by atoms with Gasteiger partial charge in [0.15, 0.2) is 5.82 Å². The minimum atomic E-state index is -0.529. The van der Waals surface area contributed by atoms with E-state index in [1.807, 2.05) is 0 Å². The Morgan fingerprint density at radius 1 is 1.47 bits per heavy atom. The third-order valence-corrected chi connectivity index (χ3v) is 3.58. The second kappa shape index (κ2) is 5.10. The summed E-state index contributed by atoms with van der Waals surface area (Å²) in [6, 6.07) is 3.00. The van der Waals surface area contributed by atoms with E-state index in [2.05, 4.69) is 5.32 Å². The van der Waals surface area contributed by atoms with Crippen molar-refractivity contribution < 1.29 is 9.50 Å². The van der Waals surface area contributed by atoms with E-state index in [4.69, 9.17) is 17.3 Å². The normalized spacial score (nSPS) is 23.9. The molecule has 1 aliphatic rings. The minimum absolute atomic E-state index is 0.0497. The van der Waals surface area contributed by atoms with Gasteiger partial charge in [-0.15, -0.1) is 0 Å². The Morgan fingerprint density at radius 3 is 2.88 bits per heavy atom. The fourth-order valence-electron chi connectivity index (χ4n) is 2.23. The van der Waals surface area contributed by atoms with Crippen LogP contribution in [0.15, 0.2) is 12.1 Å². The lowest BCUT2D eigenvalue weighted by Crippen LogP contribution is -2.22. The molecule has 17 heavy (non-hydrogen) atoms. The van der Waals surface area contributed by atoms with Gasteiger partial charge in [-0.2, -0.15) is 0 Å². The van der Waals surface area contributed by atoms with Gasteiger partial charge in [-0.25, -0.2) is 4.39 Å². The van der Waals surface area contributed by atoms with E-state index in [1.165, 1.54) is 6.07 Å². The van der Waals surface area contributed by atoms with Crippen molar-refractivity contribution in [2.45, 2.75) is 25.4 Å². The summed E-state index contributed by atoms with van der Waals surface area (Å²) in [7, 11) is 0. The van der Waals surface area contributed by atoms with E-state index in [1.54, 1.807) is 6.07 Å². The molecule has 0 radical (unpaired) electrons. The van der Waals surface area contributed by atoms with Gasteiger partial charge in [0.25, 0.3) is 0 Å². The molecule has 1 aromatic rings. The monoisotopic (exact) mass is 258 g/mol. The van der Waals surface area contributed by atoms with Crippen LogP contribution in [0, 0.1) is 11.7 Å². The second-order valence-corrected chi connectivity index (χ2v) is 4.87. The summed E-state index contributed by atoms with van der Waals surface area (Å²) in [4.78, 5) is 0. The first-order valence-electron chi connectivity index (χ1n) is 5.75. The highest BCUT2D eigenvalue weighted by Gasteiger charge is 2.25. The highest BCUT2D eigenvalue weighted by Crippen LogP contribution is 2.30. The molecule has 1 fully saturated rings. The molecule has 5 heteroatoms. The first-order chi connectivity index (χ1) is 8.09. The van der Waals surface area contributed by atoms with Crippen molar-refractivity contribution in [2.24, 2.45) is 5.92 Å². The maximum absolute atomic E-state index is 13.7. The summed E-state index contributed by atoms with van der Waals surface area (Å²) in [5.41, 5.74) is 6.25. The Morgan fingerprint density at radius 2 is 2.24 bits per heavy atom. The number of benzene rings is 1. The number of rotatable bonds is 3. The number of halogens is 2. The SMILES string of the molecule is Nc1ccc(Cl)c(F)c1NCC1CCCC1O. The summed E-state index contributed by atoms with van der Waals surface area (Å²) in [5, 5.41) is 12.7. The number of hydrogen-bond donors (Lipinski definition) is 3. The number of nitrogens with one attached hydrogen (secondary N) is 1. The van der Waals surface area contributed by atoms with Crippen molar-refractivity contribution in [2.75, 3.05) is 17.6 Å². The molecular weight excluding hydrogens is 243 g/mol. The largest absolute Gasteiger partial charge is 0.397 e. The minimum Gasteiger partial charge on any atom is -0.397 e.